The van der Waals surface area contributed by atoms with Crippen molar-refractivity contribution in [1.82, 2.24) is 5.32 Å². The number of aryl methyl sites for hydroxylation is 1. The number of halogens is 2. The maximum atomic E-state index is 13.9. The van der Waals surface area contributed by atoms with Crippen LogP contribution in [0.25, 0.3) is 0 Å². The van der Waals surface area contributed by atoms with Crippen LogP contribution in [0, 0.1) is 12.7 Å². The first-order valence-corrected chi connectivity index (χ1v) is 7.23. The molecule has 0 fully saturated rings. The zero-order chi connectivity index (χ0) is 15.6. The molecule has 1 amide bonds. The Labute approximate surface area is 131 Å². The van der Waals surface area contributed by atoms with Crippen molar-refractivity contribution >= 4 is 28.7 Å². The van der Waals surface area contributed by atoms with Gasteiger partial charge in [0.2, 0.25) is 0 Å². The Morgan fingerprint density at radius 1 is 1.45 bits per heavy atom. The highest BCUT2D eigenvalue weighted by molar-refractivity contribution is 14.1. The average molecular weight is 395 g/mol. The summed E-state index contributed by atoms with van der Waals surface area (Å²) in [5.41, 5.74) is 0.385. The number of aliphatic hydroxyl groups is 1. The van der Waals surface area contributed by atoms with E-state index >= 15 is 0 Å². The van der Waals surface area contributed by atoms with Gasteiger partial charge in [-0.25, -0.2) is 9.18 Å². The zero-order valence-corrected chi connectivity index (χ0v) is 14.1. The molecule has 112 valence electrons. The number of alkyl carbamates (subject to hydrolysis) is 1. The highest BCUT2D eigenvalue weighted by atomic mass is 127. The number of carbonyl (C=O) groups excluding carboxylic acids is 1. The molecule has 0 spiro atoms. The van der Waals surface area contributed by atoms with Crippen LogP contribution in [-0.2, 0) is 8.28 Å². The topological polar surface area (TPSA) is 58.6 Å². The first-order valence-electron chi connectivity index (χ1n) is 6.15. The van der Waals surface area contributed by atoms with Crippen molar-refractivity contribution in [1.29, 1.82) is 0 Å². The molecular weight excluding hydrogens is 376 g/mol. The predicted molar refractivity (Wildman–Crippen MR) is 83.3 cm³/mol. The number of carbonyl (C=O) groups is 1. The number of aliphatic hydroxyl groups excluding tert-OH is 1. The summed E-state index contributed by atoms with van der Waals surface area (Å²) in [5, 5.41) is 12.1. The Kier molecular flexibility index (Phi) is 5.37. The Morgan fingerprint density at radius 3 is 2.55 bits per heavy atom. The Balaban J connectivity index is 3.03. The summed E-state index contributed by atoms with van der Waals surface area (Å²) in [6.07, 6.45) is -0.707. The highest BCUT2D eigenvalue weighted by Crippen LogP contribution is 2.31. The van der Waals surface area contributed by atoms with Crippen molar-refractivity contribution < 1.29 is 19.0 Å². The largest absolute Gasteiger partial charge is 0.444 e. The minimum absolute atomic E-state index is 0.214. The van der Waals surface area contributed by atoms with Crippen molar-refractivity contribution in [2.24, 2.45) is 0 Å². The van der Waals surface area contributed by atoms with E-state index < -0.39 is 27.7 Å². The normalized spacial score (nSPS) is 14.6. The summed E-state index contributed by atoms with van der Waals surface area (Å²) in [7, 11) is 0. The van der Waals surface area contributed by atoms with Crippen LogP contribution in [0.4, 0.5) is 9.18 Å². The lowest BCUT2D eigenvalue weighted by atomic mass is 10.0. The molecular formula is C14H19FINO3. The molecule has 1 aromatic rings. The average Bonchev–Trinajstić information content (AvgIpc) is 2.29. The molecule has 0 bridgehead atoms. The molecule has 4 nitrogen and oxygen atoms in total. The van der Waals surface area contributed by atoms with E-state index in [-0.39, 0.29) is 5.56 Å². The summed E-state index contributed by atoms with van der Waals surface area (Å²) >= 11 is 1.81. The molecule has 0 saturated heterocycles. The molecule has 1 atom stereocenters. The fraction of sp³-hybridized carbons (Fsp3) is 0.500. The van der Waals surface area contributed by atoms with Crippen LogP contribution in [0.1, 0.15) is 31.9 Å². The Hall–Kier alpha value is -0.890. The lowest BCUT2D eigenvalue weighted by molar-refractivity contribution is 0.0471. The third-order valence-corrected chi connectivity index (χ3v) is 3.66. The van der Waals surface area contributed by atoms with E-state index in [0.29, 0.717) is 0 Å². The van der Waals surface area contributed by atoms with Crippen LogP contribution in [0.5, 0.6) is 0 Å². The van der Waals surface area contributed by atoms with Crippen molar-refractivity contribution in [3.63, 3.8) is 0 Å². The number of hydrogen-bond acceptors (Lipinski definition) is 3. The first-order chi connectivity index (χ1) is 9.07. The van der Waals surface area contributed by atoms with E-state index in [2.05, 4.69) is 5.32 Å². The number of benzene rings is 1. The second-order valence-corrected chi connectivity index (χ2v) is 7.41. The zero-order valence-electron chi connectivity index (χ0n) is 12.0. The van der Waals surface area contributed by atoms with Crippen molar-refractivity contribution in [3.05, 3.63) is 35.1 Å². The monoisotopic (exact) mass is 395 g/mol. The van der Waals surface area contributed by atoms with Crippen LogP contribution in [-0.4, -0.2) is 23.4 Å². The van der Waals surface area contributed by atoms with Gasteiger partial charge in [0.15, 0.2) is 0 Å². The molecule has 1 aromatic carbocycles. The van der Waals surface area contributed by atoms with Gasteiger partial charge in [0.05, 0.1) is 6.61 Å². The SMILES string of the molecule is Cc1ccc(F)c([C@@](I)(CO)NC(=O)OC(C)(C)C)c1. The smallest absolute Gasteiger partial charge is 0.409 e. The molecule has 0 aliphatic carbocycles. The lowest BCUT2D eigenvalue weighted by Gasteiger charge is -2.29. The predicted octanol–water partition coefficient (Wildman–Crippen LogP) is 3.24. The first kappa shape index (κ1) is 17.2. The van der Waals surface area contributed by atoms with Gasteiger partial charge in [-0.3, -0.25) is 0 Å². The maximum absolute atomic E-state index is 13.9. The summed E-state index contributed by atoms with van der Waals surface area (Å²) in [4.78, 5) is 11.8. The third kappa shape index (κ3) is 4.59. The quantitative estimate of drug-likeness (QED) is 0.470. The highest BCUT2D eigenvalue weighted by Gasteiger charge is 2.34. The van der Waals surface area contributed by atoms with Gasteiger partial charge in [0.1, 0.15) is 15.0 Å². The van der Waals surface area contributed by atoms with Gasteiger partial charge in [-0.05, 0) is 62.4 Å². The van der Waals surface area contributed by atoms with Gasteiger partial charge in [-0.2, -0.15) is 0 Å². The van der Waals surface area contributed by atoms with Gasteiger partial charge in [-0.1, -0.05) is 11.6 Å². The van der Waals surface area contributed by atoms with Crippen molar-refractivity contribution in [2.45, 2.75) is 36.8 Å². The summed E-state index contributed by atoms with van der Waals surface area (Å²) < 4.78 is 17.8. The molecule has 0 aliphatic rings. The number of amides is 1. The van der Waals surface area contributed by atoms with Crippen LogP contribution in [0.3, 0.4) is 0 Å². The van der Waals surface area contributed by atoms with E-state index in [4.69, 9.17) is 4.74 Å². The molecule has 0 aromatic heterocycles. The van der Waals surface area contributed by atoms with Gasteiger partial charge in [-0.15, -0.1) is 0 Å². The molecule has 0 radical (unpaired) electrons. The molecule has 6 heteroatoms. The summed E-state index contributed by atoms with van der Waals surface area (Å²) in [6, 6.07) is 4.53. The van der Waals surface area contributed by atoms with Crippen molar-refractivity contribution in [2.75, 3.05) is 6.61 Å². The maximum Gasteiger partial charge on any atom is 0.409 e. The second-order valence-electron chi connectivity index (χ2n) is 5.57. The second kappa shape index (κ2) is 6.26. The van der Waals surface area contributed by atoms with Crippen LogP contribution in [0.2, 0.25) is 0 Å². The molecule has 1 rings (SSSR count). The molecule has 0 unspecified atom stereocenters. The molecule has 20 heavy (non-hydrogen) atoms. The molecule has 0 aliphatic heterocycles. The van der Waals surface area contributed by atoms with Gasteiger partial charge in [0.25, 0.3) is 0 Å². The Bertz CT molecular complexity index is 502. The van der Waals surface area contributed by atoms with E-state index in [9.17, 15) is 14.3 Å². The molecule has 0 saturated carbocycles. The number of nitrogens with one attached hydrogen (secondary N) is 1. The number of alkyl halides is 1. The van der Waals surface area contributed by atoms with Gasteiger partial charge >= 0.3 is 6.09 Å². The van der Waals surface area contributed by atoms with Crippen LogP contribution >= 0.6 is 22.6 Å². The fourth-order valence-electron chi connectivity index (χ4n) is 1.60. The van der Waals surface area contributed by atoms with Crippen molar-refractivity contribution in [3.8, 4) is 0 Å². The summed E-state index contributed by atoms with van der Waals surface area (Å²) in [5.74, 6) is -0.491. The standard InChI is InChI=1S/C14H19FINO3/c1-9-5-6-11(15)10(7-9)14(16,8-18)17-12(19)20-13(2,3)4/h5-7,18H,8H2,1-4H3,(H,17,19)/t14-/m1/s1. The summed E-state index contributed by atoms with van der Waals surface area (Å²) in [6.45, 7) is 6.55. The van der Waals surface area contributed by atoms with E-state index in [0.717, 1.165) is 5.56 Å². The third-order valence-electron chi connectivity index (χ3n) is 2.47. The van der Waals surface area contributed by atoms with Crippen LogP contribution in [0.15, 0.2) is 18.2 Å². The lowest BCUT2D eigenvalue weighted by Crippen LogP contribution is -2.46. The van der Waals surface area contributed by atoms with E-state index in [1.54, 1.807) is 32.9 Å². The fourth-order valence-corrected chi connectivity index (χ4v) is 2.23. The Morgan fingerprint density at radius 2 is 2.05 bits per heavy atom. The number of rotatable bonds is 3. The van der Waals surface area contributed by atoms with Gasteiger partial charge in [0, 0.05) is 5.56 Å². The molecule has 0 heterocycles. The minimum atomic E-state index is -1.27. The van der Waals surface area contributed by atoms with Gasteiger partial charge < -0.3 is 15.2 Å². The number of ether oxygens (including phenoxy) is 1. The minimum Gasteiger partial charge on any atom is -0.444 e. The number of hydrogen-bond donors (Lipinski definition) is 2. The van der Waals surface area contributed by atoms with Crippen LogP contribution < -0.4 is 5.32 Å². The van der Waals surface area contributed by atoms with E-state index in [1.807, 2.05) is 29.5 Å². The molecule has 2 N–H and O–H groups in total. The van der Waals surface area contributed by atoms with E-state index in [1.165, 1.54) is 6.07 Å².